The average Bonchev–Trinajstić information content (AvgIpc) is 2.92. The topological polar surface area (TPSA) is 59.6 Å². The Morgan fingerprint density at radius 3 is 2.70 bits per heavy atom. The van der Waals surface area contributed by atoms with E-state index in [0.29, 0.717) is 5.75 Å². The predicted molar refractivity (Wildman–Crippen MR) is 87.8 cm³/mol. The molecule has 3 aromatic rings. The standard InChI is InChI=1S/C18H17N3O2/c1-12-7-9-21-15(6-8-19)18(20-17(21)10-12)14-11-13(22-2)4-5-16(14)23-3/h4-5,7,9-11H,6H2,1-3H3. The van der Waals surface area contributed by atoms with Gasteiger partial charge in [0.25, 0.3) is 0 Å². The van der Waals surface area contributed by atoms with Gasteiger partial charge in [-0.3, -0.25) is 0 Å². The molecule has 0 radical (unpaired) electrons. The van der Waals surface area contributed by atoms with Crippen molar-refractivity contribution in [1.29, 1.82) is 5.26 Å². The zero-order valence-corrected chi connectivity index (χ0v) is 13.3. The molecule has 0 saturated heterocycles. The van der Waals surface area contributed by atoms with E-state index < -0.39 is 0 Å². The fraction of sp³-hybridized carbons (Fsp3) is 0.222. The first-order chi connectivity index (χ1) is 11.2. The minimum atomic E-state index is 0.264. The van der Waals surface area contributed by atoms with Crippen LogP contribution in [0.15, 0.2) is 36.5 Å². The number of hydrogen-bond donors (Lipinski definition) is 0. The Morgan fingerprint density at radius 2 is 2.00 bits per heavy atom. The molecule has 0 N–H and O–H groups in total. The van der Waals surface area contributed by atoms with Gasteiger partial charge in [-0.2, -0.15) is 5.26 Å². The van der Waals surface area contributed by atoms with Crippen LogP contribution >= 0.6 is 0 Å². The number of hydrogen-bond acceptors (Lipinski definition) is 4. The van der Waals surface area contributed by atoms with Gasteiger partial charge in [0.15, 0.2) is 0 Å². The van der Waals surface area contributed by atoms with Gasteiger partial charge in [0, 0.05) is 11.8 Å². The van der Waals surface area contributed by atoms with E-state index in [0.717, 1.165) is 33.9 Å². The fourth-order valence-corrected chi connectivity index (χ4v) is 2.66. The van der Waals surface area contributed by atoms with E-state index in [1.165, 1.54) is 0 Å². The van der Waals surface area contributed by atoms with Crippen LogP contribution in [0.4, 0.5) is 0 Å². The maximum Gasteiger partial charge on any atom is 0.137 e. The summed E-state index contributed by atoms with van der Waals surface area (Å²) in [6.45, 7) is 2.02. The quantitative estimate of drug-likeness (QED) is 0.741. The number of benzene rings is 1. The summed E-state index contributed by atoms with van der Waals surface area (Å²) in [5.41, 5.74) is 4.34. The lowest BCUT2D eigenvalue weighted by Crippen LogP contribution is -1.96. The molecule has 0 atom stereocenters. The molecular weight excluding hydrogens is 290 g/mol. The van der Waals surface area contributed by atoms with E-state index in [4.69, 9.17) is 14.5 Å². The minimum Gasteiger partial charge on any atom is -0.497 e. The molecule has 23 heavy (non-hydrogen) atoms. The molecule has 0 fully saturated rings. The molecule has 0 spiro atoms. The second kappa shape index (κ2) is 6.01. The molecule has 0 amide bonds. The number of nitriles is 1. The van der Waals surface area contributed by atoms with E-state index >= 15 is 0 Å². The highest BCUT2D eigenvalue weighted by Gasteiger charge is 2.18. The van der Waals surface area contributed by atoms with Crippen molar-refractivity contribution in [2.45, 2.75) is 13.3 Å². The number of fused-ring (bicyclic) bond motifs is 1. The summed E-state index contributed by atoms with van der Waals surface area (Å²) in [6.07, 6.45) is 2.21. The Hall–Kier alpha value is -3.00. The lowest BCUT2D eigenvalue weighted by atomic mass is 10.1. The van der Waals surface area contributed by atoms with Crippen molar-refractivity contribution in [2.24, 2.45) is 0 Å². The van der Waals surface area contributed by atoms with Crippen LogP contribution in [0, 0.1) is 18.3 Å². The molecule has 5 heteroatoms. The van der Waals surface area contributed by atoms with Crippen LogP contribution in [0.25, 0.3) is 16.9 Å². The first-order valence-corrected chi connectivity index (χ1v) is 7.25. The van der Waals surface area contributed by atoms with Crippen molar-refractivity contribution in [3.63, 3.8) is 0 Å². The number of rotatable bonds is 4. The monoisotopic (exact) mass is 307 g/mol. The zero-order chi connectivity index (χ0) is 16.4. The molecule has 116 valence electrons. The molecule has 1 aromatic carbocycles. The van der Waals surface area contributed by atoms with E-state index in [1.807, 2.05) is 47.9 Å². The highest BCUT2D eigenvalue weighted by molar-refractivity contribution is 5.74. The number of ether oxygens (including phenoxy) is 2. The molecule has 3 rings (SSSR count). The molecule has 5 nitrogen and oxygen atoms in total. The van der Waals surface area contributed by atoms with Crippen LogP contribution in [-0.2, 0) is 6.42 Å². The van der Waals surface area contributed by atoms with Crippen molar-refractivity contribution in [1.82, 2.24) is 9.38 Å². The minimum absolute atomic E-state index is 0.264. The van der Waals surface area contributed by atoms with Gasteiger partial charge >= 0.3 is 0 Å². The third kappa shape index (κ3) is 2.59. The SMILES string of the molecule is COc1ccc(OC)c(-c2nc3cc(C)ccn3c2CC#N)c1. The Morgan fingerprint density at radius 1 is 1.17 bits per heavy atom. The van der Waals surface area contributed by atoms with Crippen molar-refractivity contribution in [3.8, 4) is 28.8 Å². The van der Waals surface area contributed by atoms with Crippen molar-refractivity contribution < 1.29 is 9.47 Å². The Bertz CT molecular complexity index is 907. The third-order valence-corrected chi connectivity index (χ3v) is 3.79. The van der Waals surface area contributed by atoms with Gasteiger partial charge in [0.1, 0.15) is 17.1 Å². The van der Waals surface area contributed by atoms with Gasteiger partial charge in [-0.15, -0.1) is 0 Å². The summed E-state index contributed by atoms with van der Waals surface area (Å²) in [5.74, 6) is 1.42. The number of aryl methyl sites for hydroxylation is 1. The summed E-state index contributed by atoms with van der Waals surface area (Å²) < 4.78 is 12.7. The largest absolute Gasteiger partial charge is 0.497 e. The van der Waals surface area contributed by atoms with Gasteiger partial charge in [-0.25, -0.2) is 4.98 Å². The first kappa shape index (κ1) is 14.9. The maximum atomic E-state index is 9.20. The van der Waals surface area contributed by atoms with Crippen molar-refractivity contribution in [3.05, 3.63) is 47.8 Å². The zero-order valence-electron chi connectivity index (χ0n) is 13.3. The fourth-order valence-electron chi connectivity index (χ4n) is 2.66. The number of pyridine rings is 1. The summed E-state index contributed by atoms with van der Waals surface area (Å²) in [5, 5.41) is 9.20. The molecule has 2 aromatic heterocycles. The van der Waals surface area contributed by atoms with Crippen LogP contribution in [0.1, 0.15) is 11.3 Å². The van der Waals surface area contributed by atoms with Crippen LogP contribution in [0.3, 0.4) is 0 Å². The Labute approximate surface area is 134 Å². The first-order valence-electron chi connectivity index (χ1n) is 7.25. The van der Waals surface area contributed by atoms with Gasteiger partial charge < -0.3 is 13.9 Å². The third-order valence-electron chi connectivity index (χ3n) is 3.79. The molecular formula is C18H17N3O2. The molecule has 0 aliphatic rings. The van der Waals surface area contributed by atoms with Gasteiger partial charge in [-0.05, 0) is 42.8 Å². The van der Waals surface area contributed by atoms with Gasteiger partial charge in [0.2, 0.25) is 0 Å². The lowest BCUT2D eigenvalue weighted by Gasteiger charge is -2.10. The molecule has 2 heterocycles. The summed E-state index contributed by atoms with van der Waals surface area (Å²) in [7, 11) is 3.24. The molecule has 0 aliphatic carbocycles. The van der Waals surface area contributed by atoms with Crippen molar-refractivity contribution >= 4 is 5.65 Å². The van der Waals surface area contributed by atoms with Gasteiger partial charge in [-0.1, -0.05) is 0 Å². The summed E-state index contributed by atoms with van der Waals surface area (Å²) in [4.78, 5) is 4.72. The van der Waals surface area contributed by atoms with Crippen molar-refractivity contribution in [2.75, 3.05) is 14.2 Å². The molecule has 0 aliphatic heterocycles. The van der Waals surface area contributed by atoms with E-state index in [9.17, 15) is 5.26 Å². The lowest BCUT2D eigenvalue weighted by molar-refractivity contribution is 0.404. The van der Waals surface area contributed by atoms with E-state index in [2.05, 4.69) is 6.07 Å². The van der Waals surface area contributed by atoms with Crippen LogP contribution < -0.4 is 9.47 Å². The molecule has 0 unspecified atom stereocenters. The van der Waals surface area contributed by atoms with Crippen LogP contribution in [-0.4, -0.2) is 23.6 Å². The Kier molecular flexibility index (Phi) is 3.90. The second-order valence-electron chi connectivity index (χ2n) is 5.24. The number of imidazole rings is 1. The normalized spacial score (nSPS) is 10.5. The smallest absolute Gasteiger partial charge is 0.137 e. The van der Waals surface area contributed by atoms with E-state index in [-0.39, 0.29) is 6.42 Å². The second-order valence-corrected chi connectivity index (χ2v) is 5.24. The highest BCUT2D eigenvalue weighted by atomic mass is 16.5. The van der Waals surface area contributed by atoms with E-state index in [1.54, 1.807) is 14.2 Å². The molecule has 0 saturated carbocycles. The number of methoxy groups -OCH3 is 2. The molecule has 0 bridgehead atoms. The van der Waals surface area contributed by atoms with Crippen LogP contribution in [0.5, 0.6) is 11.5 Å². The average molecular weight is 307 g/mol. The predicted octanol–water partition coefficient (Wildman–Crippen LogP) is 3.39. The van der Waals surface area contributed by atoms with Crippen LogP contribution in [0.2, 0.25) is 0 Å². The maximum absolute atomic E-state index is 9.20. The Balaban J connectivity index is 2.31. The van der Waals surface area contributed by atoms with Gasteiger partial charge in [0.05, 0.1) is 38.1 Å². The number of nitrogens with zero attached hydrogens (tertiary/aromatic N) is 3. The number of aromatic nitrogens is 2. The summed E-state index contributed by atoms with van der Waals surface area (Å²) >= 11 is 0. The highest BCUT2D eigenvalue weighted by Crippen LogP contribution is 2.35. The summed E-state index contributed by atoms with van der Waals surface area (Å²) in [6, 6.07) is 11.8.